The quantitative estimate of drug-likeness (QED) is 0.140. The number of hydrogen-bond acceptors (Lipinski definition) is 14. The molecule has 3 fully saturated rings. The van der Waals surface area contributed by atoms with Crippen LogP contribution >= 0.6 is 0 Å². The van der Waals surface area contributed by atoms with Crippen LogP contribution in [0, 0.1) is 5.92 Å². The number of aromatic hydroxyl groups is 2. The summed E-state index contributed by atoms with van der Waals surface area (Å²) in [5.41, 5.74) is 13.3. The van der Waals surface area contributed by atoms with Crippen LogP contribution in [0.2, 0.25) is 0 Å². The average molecular weight is 923 g/mol. The number of nitrogen functional groups attached to an aromatic ring is 1. The zero-order valence-corrected chi connectivity index (χ0v) is 39.1. The van der Waals surface area contributed by atoms with Crippen LogP contribution in [0.15, 0.2) is 67.0 Å². The minimum absolute atomic E-state index is 0.000311. The molecule has 0 aliphatic carbocycles. The number of morpholine rings is 1. The van der Waals surface area contributed by atoms with E-state index in [-0.39, 0.29) is 46.8 Å². The van der Waals surface area contributed by atoms with Crippen molar-refractivity contribution in [3.05, 3.63) is 112 Å². The molecule has 0 atom stereocenters. The lowest BCUT2D eigenvalue weighted by Crippen LogP contribution is -2.43. The van der Waals surface area contributed by atoms with Gasteiger partial charge in [-0.05, 0) is 110 Å². The summed E-state index contributed by atoms with van der Waals surface area (Å²) in [7, 11) is 0. The summed E-state index contributed by atoms with van der Waals surface area (Å²) in [6.45, 7) is 14.7. The van der Waals surface area contributed by atoms with Crippen LogP contribution in [0.4, 0.5) is 11.8 Å². The van der Waals surface area contributed by atoms with Gasteiger partial charge in [0.1, 0.15) is 29.2 Å². The minimum Gasteiger partial charge on any atom is -0.508 e. The van der Waals surface area contributed by atoms with Crippen LogP contribution < -0.4 is 15.4 Å². The molecule has 3 aromatic carbocycles. The standard InChI is InChI=1S/C52H62N10O6/c1-33(2)43-24-44(47(64)25-46(43)63)51(66)62-30-37-7-8-41(23-38(37)31-62)68-40-11-16-59(17-12-40)29-35-9-14-58(15-10-35)28-34-3-5-36(6-4-34)50(65)61-18-13-42-45(32-61)56-48(39-26-54-52(53)55-27-39)57-49(42)60-19-21-67-22-20-60/h3-8,23-27,33,35,40,63-64H,9-22,28-32H2,1-2H3,(H2,53,54,55). The Morgan fingerprint density at radius 1 is 0.779 bits per heavy atom. The minimum atomic E-state index is -0.250. The normalized spacial score (nSPS) is 18.5. The van der Waals surface area contributed by atoms with Gasteiger partial charge in [0.2, 0.25) is 5.95 Å². The Morgan fingerprint density at radius 2 is 1.50 bits per heavy atom. The van der Waals surface area contributed by atoms with E-state index in [9.17, 15) is 19.8 Å². The highest BCUT2D eigenvalue weighted by Crippen LogP contribution is 2.36. The van der Waals surface area contributed by atoms with E-state index in [0.29, 0.717) is 74.2 Å². The van der Waals surface area contributed by atoms with Gasteiger partial charge >= 0.3 is 0 Å². The van der Waals surface area contributed by atoms with E-state index in [0.717, 1.165) is 99.2 Å². The topological polar surface area (TPSA) is 187 Å². The largest absolute Gasteiger partial charge is 0.508 e. The Labute approximate surface area is 397 Å². The molecule has 356 valence electrons. The Bertz CT molecular complexity index is 2620. The molecule has 0 spiro atoms. The molecule has 4 N–H and O–H groups in total. The number of rotatable bonds is 11. The lowest BCUT2D eigenvalue weighted by molar-refractivity contribution is 0.0728. The van der Waals surface area contributed by atoms with Crippen molar-refractivity contribution >= 4 is 23.6 Å². The van der Waals surface area contributed by atoms with E-state index in [1.54, 1.807) is 23.4 Å². The van der Waals surface area contributed by atoms with E-state index < -0.39 is 0 Å². The van der Waals surface area contributed by atoms with Gasteiger partial charge in [-0.25, -0.2) is 19.9 Å². The van der Waals surface area contributed by atoms with Gasteiger partial charge in [-0.15, -0.1) is 0 Å². The zero-order valence-electron chi connectivity index (χ0n) is 39.1. The third-order valence-electron chi connectivity index (χ3n) is 14.4. The maximum Gasteiger partial charge on any atom is 0.258 e. The Hall–Kier alpha value is -6.36. The number of carbonyl (C=O) groups is 2. The third kappa shape index (κ3) is 9.94. The number of fused-ring (bicyclic) bond motifs is 2. The predicted octanol–water partition coefficient (Wildman–Crippen LogP) is 6.00. The molecule has 16 heteroatoms. The highest BCUT2D eigenvalue weighted by atomic mass is 16.5. The molecule has 5 aliphatic heterocycles. The maximum atomic E-state index is 13.9. The Morgan fingerprint density at radius 3 is 2.24 bits per heavy atom. The van der Waals surface area contributed by atoms with Gasteiger partial charge in [0.05, 0.1) is 36.6 Å². The summed E-state index contributed by atoms with van der Waals surface area (Å²) in [6, 6.07) is 17.2. The second-order valence-electron chi connectivity index (χ2n) is 19.4. The lowest BCUT2D eigenvalue weighted by Gasteiger charge is -2.37. The molecule has 5 aromatic rings. The number of nitrogens with zero attached hydrogens (tertiary/aromatic N) is 9. The number of ether oxygens (including phenoxy) is 2. The second kappa shape index (κ2) is 19.7. The van der Waals surface area contributed by atoms with Crippen molar-refractivity contribution in [1.82, 2.24) is 39.5 Å². The van der Waals surface area contributed by atoms with Gasteiger partial charge < -0.3 is 45.0 Å². The van der Waals surface area contributed by atoms with Crippen molar-refractivity contribution in [2.45, 2.75) is 84.2 Å². The zero-order chi connectivity index (χ0) is 46.9. The van der Waals surface area contributed by atoms with Crippen molar-refractivity contribution in [3.63, 3.8) is 0 Å². The van der Waals surface area contributed by atoms with Crippen LogP contribution in [-0.4, -0.2) is 133 Å². The first-order valence-corrected chi connectivity index (χ1v) is 24.3. The van der Waals surface area contributed by atoms with Crippen molar-refractivity contribution in [2.75, 3.05) is 76.2 Å². The smallest absolute Gasteiger partial charge is 0.258 e. The number of piperidine rings is 2. The summed E-state index contributed by atoms with van der Waals surface area (Å²) >= 11 is 0. The molecule has 68 heavy (non-hydrogen) atoms. The highest BCUT2D eigenvalue weighted by Gasteiger charge is 2.32. The van der Waals surface area contributed by atoms with E-state index in [1.165, 1.54) is 24.5 Å². The summed E-state index contributed by atoms with van der Waals surface area (Å²) in [5, 5.41) is 20.8. The van der Waals surface area contributed by atoms with E-state index >= 15 is 0 Å². The molecule has 7 heterocycles. The molecule has 2 amide bonds. The summed E-state index contributed by atoms with van der Waals surface area (Å²) in [4.78, 5) is 56.7. The molecule has 0 saturated carbocycles. The first-order chi connectivity index (χ1) is 33.0. The number of phenolic OH excluding ortho intramolecular Hbond substituents is 2. The van der Waals surface area contributed by atoms with Gasteiger partial charge in [-0.1, -0.05) is 32.0 Å². The highest BCUT2D eigenvalue weighted by molar-refractivity contribution is 5.97. The molecule has 0 bridgehead atoms. The van der Waals surface area contributed by atoms with Crippen LogP contribution in [0.3, 0.4) is 0 Å². The van der Waals surface area contributed by atoms with Crippen LogP contribution in [0.25, 0.3) is 11.4 Å². The second-order valence-corrected chi connectivity index (χ2v) is 19.4. The predicted molar refractivity (Wildman–Crippen MR) is 257 cm³/mol. The maximum absolute atomic E-state index is 13.9. The molecular weight excluding hydrogens is 861 g/mol. The number of hydrogen-bond donors (Lipinski definition) is 3. The number of aromatic nitrogens is 4. The molecule has 5 aliphatic rings. The molecule has 2 aromatic heterocycles. The molecular formula is C52H62N10O6. The summed E-state index contributed by atoms with van der Waals surface area (Å²) < 4.78 is 12.1. The van der Waals surface area contributed by atoms with Gasteiger partial charge in [0.15, 0.2) is 5.82 Å². The van der Waals surface area contributed by atoms with E-state index in [2.05, 4.69) is 48.9 Å². The van der Waals surface area contributed by atoms with E-state index in [4.69, 9.17) is 25.2 Å². The van der Waals surface area contributed by atoms with Crippen LogP contribution in [-0.2, 0) is 37.3 Å². The number of carbonyl (C=O) groups excluding carboxylic acids is 2. The molecule has 0 radical (unpaired) electrons. The Kier molecular flexibility index (Phi) is 13.2. The van der Waals surface area contributed by atoms with Gasteiger partial charge in [-0.2, -0.15) is 0 Å². The number of nitrogens with two attached hydrogens (primary N) is 1. The molecule has 3 saturated heterocycles. The van der Waals surface area contributed by atoms with Crippen molar-refractivity contribution in [1.29, 1.82) is 0 Å². The first kappa shape index (κ1) is 45.4. The van der Waals surface area contributed by atoms with Crippen molar-refractivity contribution in [3.8, 4) is 28.6 Å². The monoisotopic (exact) mass is 922 g/mol. The number of likely N-dealkylation sites (tertiary alicyclic amines) is 2. The van der Waals surface area contributed by atoms with Crippen LogP contribution in [0.5, 0.6) is 17.2 Å². The van der Waals surface area contributed by atoms with Crippen molar-refractivity contribution in [2.24, 2.45) is 5.92 Å². The van der Waals surface area contributed by atoms with Gasteiger partial charge in [0, 0.05) is 88.5 Å². The number of anilines is 2. The van der Waals surface area contributed by atoms with E-state index in [1.807, 2.05) is 36.9 Å². The van der Waals surface area contributed by atoms with Crippen LogP contribution in [0.1, 0.15) is 99.7 Å². The fourth-order valence-corrected chi connectivity index (χ4v) is 10.5. The summed E-state index contributed by atoms with van der Waals surface area (Å²) in [5.74, 6) is 2.68. The van der Waals surface area contributed by atoms with Gasteiger partial charge in [-0.3, -0.25) is 14.5 Å². The number of amides is 2. The molecule has 10 rings (SSSR count). The Balaban J connectivity index is 0.668. The number of benzene rings is 3. The first-order valence-electron chi connectivity index (χ1n) is 24.3. The lowest BCUT2D eigenvalue weighted by atomic mass is 9.94. The fraction of sp³-hybridized carbons (Fsp3) is 0.462. The third-order valence-corrected chi connectivity index (χ3v) is 14.4. The molecule has 16 nitrogen and oxygen atoms in total. The number of phenols is 2. The summed E-state index contributed by atoms with van der Waals surface area (Å²) in [6.07, 6.45) is 8.42. The van der Waals surface area contributed by atoms with Gasteiger partial charge in [0.25, 0.3) is 11.8 Å². The van der Waals surface area contributed by atoms with Crippen molar-refractivity contribution < 1.29 is 29.3 Å². The fourth-order valence-electron chi connectivity index (χ4n) is 10.5. The molecule has 0 unspecified atom stereocenters. The average Bonchev–Trinajstić information content (AvgIpc) is 3.79. The SMILES string of the molecule is CC(C)c1cc(C(=O)N2Cc3ccc(OC4CCN(CC5CCN(Cc6ccc(C(=O)N7CCc8c(nc(-c9cnc(N)nc9)nc8N8CCOCC8)C7)cc6)CC5)CC4)cc3C2)c(O)cc1O.